The first-order valence-electron chi connectivity index (χ1n) is 9.91. The topological polar surface area (TPSA) is 110 Å². The number of rotatable bonds is 4. The summed E-state index contributed by atoms with van der Waals surface area (Å²) in [4.78, 5) is 23.2. The number of halogens is 2. The molecule has 0 aliphatic carbocycles. The van der Waals surface area contributed by atoms with Crippen LogP contribution < -0.4 is 21.7 Å². The Hall–Kier alpha value is -3.59. The lowest BCUT2D eigenvalue weighted by Crippen LogP contribution is -2.43. The highest BCUT2D eigenvalue weighted by Crippen LogP contribution is 2.30. The van der Waals surface area contributed by atoms with Gasteiger partial charge in [0.2, 0.25) is 0 Å². The molecular weight excluding hydrogens is 402 g/mol. The van der Waals surface area contributed by atoms with Crippen molar-refractivity contribution in [1.29, 1.82) is 0 Å². The molecule has 1 saturated heterocycles. The summed E-state index contributed by atoms with van der Waals surface area (Å²) in [6.45, 7) is 1.45. The van der Waals surface area contributed by atoms with Crippen LogP contribution in [0.5, 0.6) is 0 Å². The zero-order valence-electron chi connectivity index (χ0n) is 16.7. The predicted octanol–water partition coefficient (Wildman–Crippen LogP) is 3.18. The molecule has 7 nitrogen and oxygen atoms in total. The zero-order chi connectivity index (χ0) is 22.0. The molecule has 1 unspecified atom stereocenters. The van der Waals surface area contributed by atoms with Gasteiger partial charge >= 0.3 is 0 Å². The monoisotopic (exact) mass is 424 g/mol. The molecule has 160 valence electrons. The third-order valence-electron chi connectivity index (χ3n) is 5.19. The fourth-order valence-corrected chi connectivity index (χ4v) is 3.70. The number of anilines is 3. The van der Waals surface area contributed by atoms with Crippen LogP contribution in [0.25, 0.3) is 11.3 Å². The Bertz CT molecular complexity index is 1120. The van der Waals surface area contributed by atoms with Gasteiger partial charge in [-0.2, -0.15) is 0 Å². The average molecular weight is 424 g/mol. The minimum Gasteiger partial charge on any atom is -0.397 e. The minimum absolute atomic E-state index is 0.0446. The Morgan fingerprint density at radius 2 is 2.00 bits per heavy atom. The van der Waals surface area contributed by atoms with Crippen LogP contribution in [0.2, 0.25) is 0 Å². The average Bonchev–Trinajstić information content (AvgIpc) is 2.75. The van der Waals surface area contributed by atoms with Gasteiger partial charge in [0.15, 0.2) is 11.5 Å². The maximum Gasteiger partial charge on any atom is 0.276 e. The largest absolute Gasteiger partial charge is 0.397 e. The van der Waals surface area contributed by atoms with E-state index in [-0.39, 0.29) is 28.7 Å². The number of aromatic nitrogens is 2. The van der Waals surface area contributed by atoms with Crippen molar-refractivity contribution in [1.82, 2.24) is 9.97 Å². The molecule has 0 spiro atoms. The van der Waals surface area contributed by atoms with Crippen molar-refractivity contribution < 1.29 is 13.6 Å². The highest BCUT2D eigenvalue weighted by atomic mass is 19.1. The maximum atomic E-state index is 14.5. The minimum atomic E-state index is -0.816. The smallest absolute Gasteiger partial charge is 0.276 e. The number of piperidine rings is 1. The molecule has 1 aromatic carbocycles. The number of hydrogen-bond donors (Lipinski definition) is 3. The summed E-state index contributed by atoms with van der Waals surface area (Å²) in [5, 5.41) is 2.75. The Morgan fingerprint density at radius 1 is 1.19 bits per heavy atom. The fraction of sp³-hybridized carbons (Fsp3) is 0.227. The van der Waals surface area contributed by atoms with Crippen LogP contribution in [-0.2, 0) is 0 Å². The first kappa shape index (κ1) is 20.7. The lowest BCUT2D eigenvalue weighted by atomic mass is 10.1. The van der Waals surface area contributed by atoms with Crippen LogP contribution in [0.4, 0.5) is 25.8 Å². The first-order chi connectivity index (χ1) is 14.9. The molecule has 1 aliphatic heterocycles. The van der Waals surface area contributed by atoms with Gasteiger partial charge in [-0.25, -0.2) is 13.8 Å². The number of nitrogens with one attached hydrogen (secondary N) is 1. The molecule has 31 heavy (non-hydrogen) atoms. The van der Waals surface area contributed by atoms with E-state index in [4.69, 9.17) is 11.5 Å². The van der Waals surface area contributed by atoms with Gasteiger partial charge in [-0.3, -0.25) is 9.78 Å². The Kier molecular flexibility index (Phi) is 5.77. The van der Waals surface area contributed by atoms with E-state index in [1.165, 1.54) is 24.4 Å². The lowest BCUT2D eigenvalue weighted by Gasteiger charge is -2.33. The summed E-state index contributed by atoms with van der Waals surface area (Å²) in [6, 6.07) is 8.43. The molecule has 5 N–H and O–H groups in total. The van der Waals surface area contributed by atoms with E-state index >= 15 is 0 Å². The summed E-state index contributed by atoms with van der Waals surface area (Å²) < 4.78 is 28.6. The number of carbonyl (C=O) groups is 1. The second-order valence-corrected chi connectivity index (χ2v) is 7.43. The number of amides is 1. The van der Waals surface area contributed by atoms with Crippen LogP contribution in [0, 0.1) is 11.6 Å². The van der Waals surface area contributed by atoms with Crippen LogP contribution in [-0.4, -0.2) is 35.0 Å². The van der Waals surface area contributed by atoms with Crippen molar-refractivity contribution in [3.05, 3.63) is 66.1 Å². The van der Waals surface area contributed by atoms with Gasteiger partial charge in [-0.15, -0.1) is 0 Å². The predicted molar refractivity (Wildman–Crippen MR) is 116 cm³/mol. The van der Waals surface area contributed by atoms with Crippen molar-refractivity contribution >= 4 is 23.0 Å². The van der Waals surface area contributed by atoms with Crippen molar-refractivity contribution in [2.24, 2.45) is 5.73 Å². The van der Waals surface area contributed by atoms with Gasteiger partial charge in [0, 0.05) is 37.0 Å². The molecule has 3 heterocycles. The molecule has 9 heteroatoms. The van der Waals surface area contributed by atoms with Crippen molar-refractivity contribution in [3.63, 3.8) is 0 Å². The molecule has 4 rings (SSSR count). The molecule has 1 fully saturated rings. The van der Waals surface area contributed by atoms with Crippen LogP contribution in [0.1, 0.15) is 23.3 Å². The van der Waals surface area contributed by atoms with E-state index in [1.54, 1.807) is 18.3 Å². The summed E-state index contributed by atoms with van der Waals surface area (Å²) >= 11 is 0. The van der Waals surface area contributed by atoms with Gasteiger partial charge < -0.3 is 21.7 Å². The number of hydrogen-bond acceptors (Lipinski definition) is 6. The third-order valence-corrected chi connectivity index (χ3v) is 5.19. The Morgan fingerprint density at radius 3 is 2.77 bits per heavy atom. The standard InChI is InChI=1S/C22H22F2N6O/c23-15-6-2-1-5-14(15)20-16(24)10-17(26)21(29-20)22(31)28-18-11-27-8-7-19(18)30-9-3-4-13(25)12-30/h1-2,5-8,10-11,13H,3-4,9,12,25-26H2,(H,28,31). The van der Waals surface area contributed by atoms with Gasteiger partial charge in [-0.1, -0.05) is 12.1 Å². The van der Waals surface area contributed by atoms with Gasteiger partial charge in [0.1, 0.15) is 11.5 Å². The number of carbonyl (C=O) groups excluding carboxylic acids is 1. The fourth-order valence-electron chi connectivity index (χ4n) is 3.70. The normalized spacial score (nSPS) is 16.2. The zero-order valence-corrected chi connectivity index (χ0v) is 16.7. The Labute approximate surface area is 178 Å². The number of nitrogens with two attached hydrogens (primary N) is 2. The highest BCUT2D eigenvalue weighted by molar-refractivity contribution is 6.08. The van der Waals surface area contributed by atoms with E-state index in [1.807, 2.05) is 0 Å². The molecule has 2 aromatic heterocycles. The van der Waals surface area contributed by atoms with E-state index in [2.05, 4.69) is 20.2 Å². The molecule has 1 aliphatic rings. The van der Waals surface area contributed by atoms with Gasteiger partial charge in [0.25, 0.3) is 5.91 Å². The second-order valence-electron chi connectivity index (χ2n) is 7.43. The van der Waals surface area contributed by atoms with Crippen molar-refractivity contribution in [3.8, 4) is 11.3 Å². The summed E-state index contributed by atoms with van der Waals surface area (Å²) in [6.07, 6.45) is 5.03. The summed E-state index contributed by atoms with van der Waals surface area (Å²) in [5.74, 6) is -2.12. The summed E-state index contributed by atoms with van der Waals surface area (Å²) in [5.41, 5.74) is 12.5. The first-order valence-corrected chi connectivity index (χ1v) is 9.91. The lowest BCUT2D eigenvalue weighted by molar-refractivity contribution is 0.102. The van der Waals surface area contributed by atoms with Crippen LogP contribution in [0.3, 0.4) is 0 Å². The third kappa shape index (κ3) is 4.31. The molecule has 0 radical (unpaired) electrons. The molecule has 1 atom stereocenters. The van der Waals surface area contributed by atoms with E-state index in [9.17, 15) is 13.6 Å². The van der Waals surface area contributed by atoms with Crippen molar-refractivity contribution in [2.45, 2.75) is 18.9 Å². The second kappa shape index (κ2) is 8.65. The highest BCUT2D eigenvalue weighted by Gasteiger charge is 2.23. The quantitative estimate of drug-likeness (QED) is 0.593. The molecule has 3 aromatic rings. The number of nitrogens with zero attached hydrogens (tertiary/aromatic N) is 3. The molecule has 1 amide bonds. The molecule has 0 bridgehead atoms. The number of pyridine rings is 2. The van der Waals surface area contributed by atoms with Crippen LogP contribution in [0.15, 0.2) is 48.8 Å². The van der Waals surface area contributed by atoms with Gasteiger partial charge in [0.05, 0.1) is 23.3 Å². The summed E-state index contributed by atoms with van der Waals surface area (Å²) in [7, 11) is 0. The number of benzene rings is 1. The van der Waals surface area contributed by atoms with Crippen LogP contribution >= 0.6 is 0 Å². The molecular formula is C22H22F2N6O. The SMILES string of the molecule is Nc1cc(F)c(-c2ccccc2F)nc1C(=O)Nc1cnccc1N1CCCC(N)C1. The van der Waals surface area contributed by atoms with Gasteiger partial charge in [-0.05, 0) is 31.0 Å². The molecule has 0 saturated carbocycles. The van der Waals surface area contributed by atoms with E-state index in [0.717, 1.165) is 31.1 Å². The van der Waals surface area contributed by atoms with Crippen molar-refractivity contribution in [2.75, 3.05) is 29.0 Å². The number of nitrogen functional groups attached to an aromatic ring is 1. The Balaban J connectivity index is 1.66. The van der Waals surface area contributed by atoms with E-state index < -0.39 is 17.5 Å². The maximum absolute atomic E-state index is 14.5. The van der Waals surface area contributed by atoms with E-state index in [0.29, 0.717) is 12.2 Å².